The van der Waals surface area contributed by atoms with E-state index in [-0.39, 0.29) is 22.4 Å². The molecule has 0 atom stereocenters. The lowest BCUT2D eigenvalue weighted by Crippen LogP contribution is -2.32. The van der Waals surface area contributed by atoms with E-state index in [1.807, 2.05) is 20.8 Å². The molecule has 1 aliphatic rings. The number of hydrogen-bond donors (Lipinski definition) is 1. The second-order valence-corrected chi connectivity index (χ2v) is 7.78. The molecule has 0 saturated heterocycles. The highest BCUT2D eigenvalue weighted by molar-refractivity contribution is 7.90. The van der Waals surface area contributed by atoms with Crippen LogP contribution in [0.25, 0.3) is 0 Å². The Bertz CT molecular complexity index is 630. The number of nitrogens with two attached hydrogens (primary N) is 1. The number of nitrogens with zero attached hydrogens (tertiary/aromatic N) is 1. The number of fused-ring (bicyclic) bond motifs is 1. The smallest absolute Gasteiger partial charge is 0.269 e. The second-order valence-electron chi connectivity index (χ2n) is 5.95. The van der Waals surface area contributed by atoms with Gasteiger partial charge in [0.2, 0.25) is 0 Å². The van der Waals surface area contributed by atoms with Gasteiger partial charge in [0.05, 0.1) is 5.56 Å². The summed E-state index contributed by atoms with van der Waals surface area (Å²) in [7, 11) is -3.71. The average molecular weight is 282 g/mol. The van der Waals surface area contributed by atoms with E-state index in [4.69, 9.17) is 5.73 Å². The Balaban J connectivity index is 2.38. The van der Waals surface area contributed by atoms with E-state index in [1.54, 1.807) is 0 Å². The Labute approximate surface area is 113 Å². The van der Waals surface area contributed by atoms with Crippen LogP contribution in [0, 0.1) is 5.41 Å². The molecule has 1 aliphatic heterocycles. The van der Waals surface area contributed by atoms with Gasteiger partial charge in [0.15, 0.2) is 0 Å². The van der Waals surface area contributed by atoms with Crippen molar-refractivity contribution in [2.45, 2.75) is 32.1 Å². The van der Waals surface area contributed by atoms with Crippen LogP contribution in [0.15, 0.2) is 23.1 Å². The van der Waals surface area contributed by atoms with Crippen LogP contribution < -0.4 is 5.73 Å². The minimum atomic E-state index is -3.71. The van der Waals surface area contributed by atoms with Crippen molar-refractivity contribution in [3.8, 4) is 0 Å². The van der Waals surface area contributed by atoms with Crippen molar-refractivity contribution in [3.05, 3.63) is 23.8 Å². The highest BCUT2D eigenvalue weighted by atomic mass is 32.2. The lowest BCUT2D eigenvalue weighted by Gasteiger charge is -2.22. The maximum atomic E-state index is 12.3. The van der Waals surface area contributed by atoms with Crippen molar-refractivity contribution in [1.29, 1.82) is 0 Å². The van der Waals surface area contributed by atoms with Crippen LogP contribution in [0.4, 0.5) is 5.69 Å². The molecule has 1 aromatic carbocycles. The Morgan fingerprint density at radius 1 is 1.26 bits per heavy atom. The minimum Gasteiger partial charge on any atom is -0.399 e. The summed E-state index contributed by atoms with van der Waals surface area (Å²) in [5.41, 5.74) is 6.13. The largest absolute Gasteiger partial charge is 0.399 e. The third-order valence-corrected chi connectivity index (χ3v) is 4.93. The van der Waals surface area contributed by atoms with E-state index in [0.717, 1.165) is 4.31 Å². The first-order valence-electron chi connectivity index (χ1n) is 6.09. The first kappa shape index (κ1) is 13.9. The van der Waals surface area contributed by atoms with Crippen LogP contribution in [0.1, 0.15) is 37.6 Å². The summed E-state index contributed by atoms with van der Waals surface area (Å²) in [6.45, 7) is 6.21. The number of benzene rings is 1. The molecule has 104 valence electrons. The molecule has 2 N–H and O–H groups in total. The standard InChI is InChI=1S/C13H18N2O3S/c1-13(2,3)6-7-15-12(16)10-8-9(14)4-5-11(10)19(15,17)18/h4-5,8H,6-7,14H2,1-3H3. The van der Waals surface area contributed by atoms with Crippen LogP contribution in [-0.4, -0.2) is 25.2 Å². The molecule has 0 fully saturated rings. The number of sulfonamides is 1. The van der Waals surface area contributed by atoms with Crippen LogP contribution in [0.5, 0.6) is 0 Å². The van der Waals surface area contributed by atoms with Gasteiger partial charge in [-0.1, -0.05) is 20.8 Å². The van der Waals surface area contributed by atoms with Gasteiger partial charge in [-0.3, -0.25) is 4.79 Å². The normalized spacial score (nSPS) is 17.6. The summed E-state index contributed by atoms with van der Waals surface area (Å²) < 4.78 is 25.5. The molecule has 0 aromatic heterocycles. The molecular weight excluding hydrogens is 264 g/mol. The number of rotatable bonds is 2. The molecule has 0 unspecified atom stereocenters. The van der Waals surface area contributed by atoms with Crippen molar-refractivity contribution in [3.63, 3.8) is 0 Å². The van der Waals surface area contributed by atoms with E-state index in [1.165, 1.54) is 18.2 Å². The van der Waals surface area contributed by atoms with E-state index in [0.29, 0.717) is 12.1 Å². The third kappa shape index (κ3) is 2.45. The number of anilines is 1. The summed E-state index contributed by atoms with van der Waals surface area (Å²) in [5.74, 6) is -0.480. The third-order valence-electron chi connectivity index (χ3n) is 3.09. The van der Waals surface area contributed by atoms with Gasteiger partial charge >= 0.3 is 0 Å². The molecule has 5 nitrogen and oxygen atoms in total. The van der Waals surface area contributed by atoms with Gasteiger partial charge in [-0.25, -0.2) is 12.7 Å². The van der Waals surface area contributed by atoms with Gasteiger partial charge < -0.3 is 5.73 Å². The van der Waals surface area contributed by atoms with Crippen LogP contribution >= 0.6 is 0 Å². The molecule has 1 amide bonds. The summed E-state index contributed by atoms with van der Waals surface area (Å²) >= 11 is 0. The second kappa shape index (κ2) is 4.23. The van der Waals surface area contributed by atoms with Crippen molar-refractivity contribution >= 4 is 21.6 Å². The lowest BCUT2D eigenvalue weighted by molar-refractivity contribution is 0.0862. The maximum Gasteiger partial charge on any atom is 0.269 e. The molecule has 1 heterocycles. The van der Waals surface area contributed by atoms with Crippen molar-refractivity contribution < 1.29 is 13.2 Å². The molecule has 0 saturated carbocycles. The topological polar surface area (TPSA) is 80.5 Å². The molecule has 2 rings (SSSR count). The SMILES string of the molecule is CC(C)(C)CCN1C(=O)c2cc(N)ccc2S1(=O)=O. The van der Waals surface area contributed by atoms with Crippen LogP contribution in [-0.2, 0) is 10.0 Å². The van der Waals surface area contributed by atoms with Gasteiger partial charge in [0.1, 0.15) is 4.90 Å². The van der Waals surface area contributed by atoms with Gasteiger partial charge in [0, 0.05) is 12.2 Å². The molecule has 0 aliphatic carbocycles. The fraction of sp³-hybridized carbons (Fsp3) is 0.462. The number of amides is 1. The van der Waals surface area contributed by atoms with E-state index in [2.05, 4.69) is 0 Å². The van der Waals surface area contributed by atoms with Crippen molar-refractivity contribution in [2.75, 3.05) is 12.3 Å². The zero-order chi connectivity index (χ0) is 14.4. The molecule has 0 spiro atoms. The molecule has 6 heteroatoms. The van der Waals surface area contributed by atoms with Crippen LogP contribution in [0.3, 0.4) is 0 Å². The molecular formula is C13H18N2O3S. The van der Waals surface area contributed by atoms with Gasteiger partial charge in [0.25, 0.3) is 15.9 Å². The van der Waals surface area contributed by atoms with Gasteiger partial charge in [-0.2, -0.15) is 0 Å². The quantitative estimate of drug-likeness (QED) is 0.839. The molecule has 19 heavy (non-hydrogen) atoms. The lowest BCUT2D eigenvalue weighted by atomic mass is 9.92. The first-order valence-corrected chi connectivity index (χ1v) is 7.53. The number of nitrogen functional groups attached to an aromatic ring is 1. The molecule has 0 bridgehead atoms. The zero-order valence-corrected chi connectivity index (χ0v) is 12.1. The maximum absolute atomic E-state index is 12.3. The van der Waals surface area contributed by atoms with Crippen molar-refractivity contribution in [1.82, 2.24) is 4.31 Å². The zero-order valence-electron chi connectivity index (χ0n) is 11.3. The summed E-state index contributed by atoms with van der Waals surface area (Å²) in [6.07, 6.45) is 0.613. The highest BCUT2D eigenvalue weighted by Gasteiger charge is 2.41. The Kier molecular flexibility index (Phi) is 3.09. The summed E-state index contributed by atoms with van der Waals surface area (Å²) in [4.78, 5) is 12.2. The molecule has 1 aromatic rings. The predicted molar refractivity (Wildman–Crippen MR) is 73.1 cm³/mol. The van der Waals surface area contributed by atoms with Crippen molar-refractivity contribution in [2.24, 2.45) is 5.41 Å². The van der Waals surface area contributed by atoms with Gasteiger partial charge in [-0.15, -0.1) is 0 Å². The Morgan fingerprint density at radius 2 is 1.89 bits per heavy atom. The van der Waals surface area contributed by atoms with Gasteiger partial charge in [-0.05, 0) is 30.0 Å². The average Bonchev–Trinajstić information content (AvgIpc) is 2.43. The van der Waals surface area contributed by atoms with E-state index < -0.39 is 15.9 Å². The highest BCUT2D eigenvalue weighted by Crippen LogP contribution is 2.32. The van der Waals surface area contributed by atoms with E-state index >= 15 is 0 Å². The monoisotopic (exact) mass is 282 g/mol. The fourth-order valence-electron chi connectivity index (χ4n) is 1.96. The Morgan fingerprint density at radius 3 is 2.47 bits per heavy atom. The predicted octanol–water partition coefficient (Wildman–Crippen LogP) is 1.85. The summed E-state index contributed by atoms with van der Waals surface area (Å²) in [5, 5.41) is 0. The number of hydrogen-bond acceptors (Lipinski definition) is 4. The fourth-order valence-corrected chi connectivity index (χ4v) is 3.51. The van der Waals surface area contributed by atoms with E-state index in [9.17, 15) is 13.2 Å². The first-order chi connectivity index (χ1) is 8.63. The number of carbonyl (C=O) groups is 1. The molecule has 0 radical (unpaired) electrons. The minimum absolute atomic E-state index is 0.0381. The Hall–Kier alpha value is -1.56. The summed E-state index contributed by atoms with van der Waals surface area (Å²) in [6, 6.07) is 4.32. The number of carbonyl (C=O) groups excluding carboxylic acids is 1. The van der Waals surface area contributed by atoms with Crippen LogP contribution in [0.2, 0.25) is 0 Å².